The quantitative estimate of drug-likeness (QED) is 0.173. The van der Waals surface area contributed by atoms with Crippen molar-refractivity contribution in [1.82, 2.24) is 30.4 Å². The van der Waals surface area contributed by atoms with E-state index in [0.717, 1.165) is 12.8 Å². The lowest BCUT2D eigenvalue weighted by atomic mass is 9.87. The number of amides is 4. The summed E-state index contributed by atoms with van der Waals surface area (Å²) in [5, 5.41) is 11.7. The van der Waals surface area contributed by atoms with Gasteiger partial charge in [-0.25, -0.2) is 4.98 Å². The molecule has 1 saturated heterocycles. The van der Waals surface area contributed by atoms with Crippen molar-refractivity contribution in [2.45, 2.75) is 57.2 Å². The number of unbranched alkanes of at least 4 members (excludes halogenated alkanes) is 3. The van der Waals surface area contributed by atoms with E-state index in [1.54, 1.807) is 30.3 Å². The maximum atomic E-state index is 13.8. The van der Waals surface area contributed by atoms with E-state index in [-0.39, 0.29) is 47.7 Å². The molecule has 4 aromatic rings. The zero-order chi connectivity index (χ0) is 31.7. The zero-order valence-electron chi connectivity index (χ0n) is 23.9. The van der Waals surface area contributed by atoms with Gasteiger partial charge < -0.3 is 5.32 Å². The van der Waals surface area contributed by atoms with Crippen LogP contribution in [0.3, 0.4) is 0 Å². The number of anilines is 1. The van der Waals surface area contributed by atoms with E-state index in [1.165, 1.54) is 23.1 Å². The minimum Gasteiger partial charge on any atom is -0.385 e. The van der Waals surface area contributed by atoms with Crippen molar-refractivity contribution in [3.05, 3.63) is 71.2 Å². The molecule has 0 aliphatic carbocycles. The average molecular weight is 620 g/mol. The Morgan fingerprint density at radius 1 is 0.911 bits per heavy atom. The van der Waals surface area contributed by atoms with E-state index < -0.39 is 35.5 Å². The summed E-state index contributed by atoms with van der Waals surface area (Å²) in [6, 6.07) is 10.0. The van der Waals surface area contributed by atoms with Crippen molar-refractivity contribution in [2.24, 2.45) is 0 Å². The van der Waals surface area contributed by atoms with Crippen LogP contribution >= 0.6 is 0 Å². The molecule has 6 rings (SSSR count). The molecule has 14 heteroatoms. The second-order valence-corrected chi connectivity index (χ2v) is 11.0. The first-order valence-electron chi connectivity index (χ1n) is 14.6. The van der Waals surface area contributed by atoms with Crippen LogP contribution in [0.25, 0.3) is 22.3 Å². The number of hydrogen-bond donors (Lipinski definition) is 3. The van der Waals surface area contributed by atoms with Crippen molar-refractivity contribution in [3.8, 4) is 11.3 Å². The number of fused-ring (bicyclic) bond motifs is 2. The summed E-state index contributed by atoms with van der Waals surface area (Å²) >= 11 is 0. The normalized spacial score (nSPS) is 16.6. The van der Waals surface area contributed by atoms with Crippen molar-refractivity contribution < 1.29 is 32.3 Å². The van der Waals surface area contributed by atoms with E-state index in [2.05, 4.69) is 31.0 Å². The number of alkyl halides is 3. The van der Waals surface area contributed by atoms with Gasteiger partial charge in [0, 0.05) is 31.4 Å². The molecule has 2 aromatic carbocycles. The van der Waals surface area contributed by atoms with Crippen molar-refractivity contribution in [2.75, 3.05) is 11.9 Å². The van der Waals surface area contributed by atoms with Crippen molar-refractivity contribution in [3.63, 3.8) is 0 Å². The maximum absolute atomic E-state index is 13.8. The molecule has 0 radical (unpaired) electrons. The lowest BCUT2D eigenvalue weighted by molar-refractivity contribution is -0.141. The monoisotopic (exact) mass is 619 g/mol. The number of carbonyl (C=O) groups excluding carboxylic acids is 4. The van der Waals surface area contributed by atoms with Crippen LogP contribution in [0.1, 0.15) is 76.4 Å². The van der Waals surface area contributed by atoms with Gasteiger partial charge in [-0.15, -0.1) is 0 Å². The predicted octanol–water partition coefficient (Wildman–Crippen LogP) is 4.59. The predicted molar refractivity (Wildman–Crippen MR) is 156 cm³/mol. The van der Waals surface area contributed by atoms with Crippen LogP contribution in [0, 0.1) is 0 Å². The number of para-hydroxylation sites is 2. The van der Waals surface area contributed by atoms with Crippen LogP contribution in [0.15, 0.2) is 48.8 Å². The molecule has 232 valence electrons. The average Bonchev–Trinajstić information content (AvgIpc) is 3.56. The number of hydrogen-bond acceptors (Lipinski definition) is 8. The van der Waals surface area contributed by atoms with Crippen LogP contribution in [0.5, 0.6) is 0 Å². The molecule has 1 atom stereocenters. The van der Waals surface area contributed by atoms with Gasteiger partial charge >= 0.3 is 6.18 Å². The number of rotatable bonds is 10. The van der Waals surface area contributed by atoms with Gasteiger partial charge in [0.25, 0.3) is 11.8 Å². The molecule has 2 aliphatic rings. The van der Waals surface area contributed by atoms with Crippen LogP contribution in [0.4, 0.5) is 18.9 Å². The molecule has 4 heterocycles. The number of aryl methyl sites for hydroxylation is 1. The Morgan fingerprint density at radius 3 is 2.40 bits per heavy atom. The topological polar surface area (TPSA) is 148 Å². The SMILES string of the molecule is O=C1CCC(c2cc3c(cc2NCCCCCCn2cc(-c4cnc5ccccc5n4)c(C(F)(F)F)n2)C(=O)NC3=O)C(=O)N1. The highest BCUT2D eigenvalue weighted by atomic mass is 19.4. The van der Waals surface area contributed by atoms with Gasteiger partial charge in [0.2, 0.25) is 11.8 Å². The summed E-state index contributed by atoms with van der Waals surface area (Å²) in [4.78, 5) is 57.3. The Morgan fingerprint density at radius 2 is 1.64 bits per heavy atom. The van der Waals surface area contributed by atoms with Gasteiger partial charge in [0.1, 0.15) is 0 Å². The molecule has 0 spiro atoms. The fourth-order valence-corrected chi connectivity index (χ4v) is 5.66. The van der Waals surface area contributed by atoms with Gasteiger partial charge in [0.05, 0.1) is 45.5 Å². The highest BCUT2D eigenvalue weighted by Crippen LogP contribution is 2.36. The molecule has 0 saturated carbocycles. The number of piperidine rings is 1. The minimum atomic E-state index is -4.65. The summed E-state index contributed by atoms with van der Waals surface area (Å²) in [7, 11) is 0. The standard InChI is InChI=1S/C31H28F3N7O4/c32-31(33,34)27-21(25-15-36-22-7-3-4-8-23(22)37-25)16-41(40-27)12-6-2-1-5-11-35-24-14-20-19(29(44)39-30(20)45)13-18(24)17-9-10-26(42)38-28(17)43/h3-4,7-8,13-17,35H,1-2,5-6,9-12H2,(H,38,42,43)(H,39,44,45). The highest BCUT2D eigenvalue weighted by Gasteiger charge is 2.38. The van der Waals surface area contributed by atoms with Crippen LogP contribution in [0.2, 0.25) is 0 Å². The molecule has 4 amide bonds. The molecule has 0 bridgehead atoms. The maximum Gasteiger partial charge on any atom is 0.435 e. The molecule has 45 heavy (non-hydrogen) atoms. The Kier molecular flexibility index (Phi) is 8.04. The molecule has 1 unspecified atom stereocenters. The highest BCUT2D eigenvalue weighted by molar-refractivity contribution is 6.22. The molecular weight excluding hydrogens is 591 g/mol. The third-order valence-electron chi connectivity index (χ3n) is 7.90. The molecule has 3 N–H and O–H groups in total. The van der Waals surface area contributed by atoms with Crippen molar-refractivity contribution in [1.29, 1.82) is 0 Å². The zero-order valence-corrected chi connectivity index (χ0v) is 23.9. The molecule has 2 aromatic heterocycles. The molecule has 2 aliphatic heterocycles. The number of aromatic nitrogens is 4. The first-order valence-corrected chi connectivity index (χ1v) is 14.6. The van der Waals surface area contributed by atoms with E-state index in [0.29, 0.717) is 41.7 Å². The van der Waals surface area contributed by atoms with E-state index in [4.69, 9.17) is 0 Å². The number of carbonyl (C=O) groups is 4. The van der Waals surface area contributed by atoms with Crippen LogP contribution in [-0.2, 0) is 22.3 Å². The van der Waals surface area contributed by atoms with Gasteiger partial charge in [0.15, 0.2) is 5.69 Å². The molecule has 1 fully saturated rings. The van der Waals surface area contributed by atoms with E-state index >= 15 is 0 Å². The summed E-state index contributed by atoms with van der Waals surface area (Å²) < 4.78 is 42.8. The van der Waals surface area contributed by atoms with Gasteiger partial charge in [-0.2, -0.15) is 18.3 Å². The Hall–Kier alpha value is -5.14. The lowest BCUT2D eigenvalue weighted by Crippen LogP contribution is -2.39. The van der Waals surface area contributed by atoms with E-state index in [9.17, 15) is 32.3 Å². The minimum absolute atomic E-state index is 0.100. The number of imide groups is 2. The lowest BCUT2D eigenvalue weighted by Gasteiger charge is -2.24. The number of nitrogens with one attached hydrogen (secondary N) is 3. The molecule has 11 nitrogen and oxygen atoms in total. The van der Waals surface area contributed by atoms with E-state index in [1.807, 2.05) is 0 Å². The van der Waals surface area contributed by atoms with Gasteiger partial charge in [-0.05, 0) is 49.1 Å². The molecular formula is C31H28F3N7O4. The Bertz CT molecular complexity index is 1840. The van der Waals surface area contributed by atoms with Crippen LogP contribution in [-0.4, -0.2) is 49.9 Å². The van der Waals surface area contributed by atoms with Gasteiger partial charge in [-0.3, -0.25) is 39.5 Å². The fourth-order valence-electron chi connectivity index (χ4n) is 5.66. The Labute approximate surface area is 254 Å². The van der Waals surface area contributed by atoms with Gasteiger partial charge in [-0.1, -0.05) is 25.0 Å². The second kappa shape index (κ2) is 12.1. The third kappa shape index (κ3) is 6.26. The number of benzene rings is 2. The smallest absolute Gasteiger partial charge is 0.385 e. The summed E-state index contributed by atoms with van der Waals surface area (Å²) in [5.41, 5.74) is 1.52. The third-order valence-corrected chi connectivity index (χ3v) is 7.90. The number of nitrogens with zero attached hydrogens (tertiary/aromatic N) is 4. The summed E-state index contributed by atoms with van der Waals surface area (Å²) in [5.74, 6) is -2.52. The fraction of sp³-hybridized carbons (Fsp3) is 0.323. The largest absolute Gasteiger partial charge is 0.435 e. The summed E-state index contributed by atoms with van der Waals surface area (Å²) in [6.45, 7) is 0.768. The Balaban J connectivity index is 1.06. The second-order valence-electron chi connectivity index (χ2n) is 11.0. The van der Waals surface area contributed by atoms with Crippen molar-refractivity contribution >= 4 is 40.3 Å². The first kappa shape index (κ1) is 29.9. The first-order chi connectivity index (χ1) is 21.6. The summed E-state index contributed by atoms with van der Waals surface area (Å²) in [6.07, 6.45) is 1.22. The number of halogens is 3. The van der Waals surface area contributed by atoms with Crippen LogP contribution < -0.4 is 16.0 Å².